The first kappa shape index (κ1) is 18.2. The monoisotopic (exact) mass is 320 g/mol. The third-order valence-corrected chi connectivity index (χ3v) is 6.13. The Morgan fingerprint density at radius 1 is 0.941 bits per heavy atom. The fourth-order valence-corrected chi connectivity index (χ4v) is 4.39. The van der Waals surface area contributed by atoms with Crippen molar-refractivity contribution in [1.29, 1.82) is 0 Å². The number of hydrogen-bond donors (Lipinski definition) is 3. The molecule has 0 amide bonds. The average Bonchev–Trinajstić information content (AvgIpc) is 2.34. The van der Waals surface area contributed by atoms with Crippen LogP contribution in [0, 0.1) is 0 Å². The summed E-state index contributed by atoms with van der Waals surface area (Å²) in [4.78, 5) is 0. The molecule has 0 aromatic rings. The van der Waals surface area contributed by atoms with Crippen LogP contribution in [0.5, 0.6) is 0 Å². The maximum absolute atomic E-state index is 9.68. The average molecular weight is 321 g/mol. The molecule has 2 atom stereocenters. The number of aliphatic hydroxyl groups excluding tert-OH is 3. The summed E-state index contributed by atoms with van der Waals surface area (Å²) >= 11 is 10.8. The minimum absolute atomic E-state index is 0.159. The molecule has 0 radical (unpaired) electrons. The van der Waals surface area contributed by atoms with Crippen molar-refractivity contribution in [2.75, 3.05) is 47.9 Å². The Morgan fingerprint density at radius 2 is 1.53 bits per heavy atom. The second kappa shape index (κ2) is 13.6. The van der Waals surface area contributed by atoms with Gasteiger partial charge in [0.25, 0.3) is 0 Å². The zero-order valence-electron chi connectivity index (χ0n) is 9.76. The maximum atomic E-state index is 9.68. The van der Waals surface area contributed by atoms with Crippen molar-refractivity contribution < 1.29 is 15.3 Å². The molecule has 0 heterocycles. The molecular weight excluding hydrogens is 300 g/mol. The summed E-state index contributed by atoms with van der Waals surface area (Å²) in [5.41, 5.74) is 0. The molecular formula is C10H21ClO3S3. The van der Waals surface area contributed by atoms with E-state index in [2.05, 4.69) is 0 Å². The first-order valence-electron chi connectivity index (χ1n) is 5.47. The van der Waals surface area contributed by atoms with Crippen molar-refractivity contribution in [1.82, 2.24) is 0 Å². The summed E-state index contributed by atoms with van der Waals surface area (Å²) in [5, 5.41) is 27.3. The highest BCUT2D eigenvalue weighted by molar-refractivity contribution is 8.03. The third kappa shape index (κ3) is 12.0. The van der Waals surface area contributed by atoms with Crippen LogP contribution in [0.25, 0.3) is 0 Å². The SMILES string of the molecule is OCCSCC(O)CSC(CCl)CSCCO. The van der Waals surface area contributed by atoms with Crippen LogP contribution >= 0.6 is 46.9 Å². The molecule has 0 bridgehead atoms. The van der Waals surface area contributed by atoms with Gasteiger partial charge in [-0.1, -0.05) is 0 Å². The summed E-state index contributed by atoms with van der Waals surface area (Å²) < 4.78 is 0. The molecule has 3 nitrogen and oxygen atoms in total. The Bertz CT molecular complexity index is 166. The van der Waals surface area contributed by atoms with Gasteiger partial charge in [0.2, 0.25) is 0 Å². The number of halogens is 1. The lowest BCUT2D eigenvalue weighted by Gasteiger charge is -2.15. The van der Waals surface area contributed by atoms with E-state index in [-0.39, 0.29) is 19.3 Å². The second-order valence-electron chi connectivity index (χ2n) is 3.36. The molecule has 0 rings (SSSR count). The van der Waals surface area contributed by atoms with E-state index in [0.717, 1.165) is 11.5 Å². The van der Waals surface area contributed by atoms with Crippen LogP contribution in [0.1, 0.15) is 0 Å². The number of rotatable bonds is 12. The highest BCUT2D eigenvalue weighted by Crippen LogP contribution is 2.19. The van der Waals surface area contributed by atoms with Gasteiger partial charge < -0.3 is 15.3 Å². The Labute approximate surface area is 121 Å². The number of hydrogen-bond acceptors (Lipinski definition) is 6. The molecule has 0 fully saturated rings. The van der Waals surface area contributed by atoms with E-state index in [1.54, 1.807) is 35.3 Å². The van der Waals surface area contributed by atoms with E-state index >= 15 is 0 Å². The molecule has 3 N–H and O–H groups in total. The van der Waals surface area contributed by atoms with Gasteiger partial charge in [-0.3, -0.25) is 0 Å². The molecule has 0 aliphatic carbocycles. The number of alkyl halides is 1. The van der Waals surface area contributed by atoms with Crippen LogP contribution in [0.15, 0.2) is 0 Å². The van der Waals surface area contributed by atoms with Gasteiger partial charge in [0.1, 0.15) is 0 Å². The van der Waals surface area contributed by atoms with Crippen molar-refractivity contribution in [2.45, 2.75) is 11.4 Å². The summed E-state index contributed by atoms with van der Waals surface area (Å²) in [6, 6.07) is 0. The summed E-state index contributed by atoms with van der Waals surface area (Å²) in [5.74, 6) is 4.22. The lowest BCUT2D eigenvalue weighted by atomic mass is 10.5. The molecule has 0 aromatic carbocycles. The minimum atomic E-state index is -0.342. The van der Waals surface area contributed by atoms with Crippen molar-refractivity contribution in [2.24, 2.45) is 0 Å². The molecule has 2 unspecified atom stereocenters. The second-order valence-corrected chi connectivity index (χ2v) is 7.30. The van der Waals surface area contributed by atoms with E-state index in [0.29, 0.717) is 28.4 Å². The molecule has 0 spiro atoms. The highest BCUT2D eigenvalue weighted by atomic mass is 35.5. The van der Waals surface area contributed by atoms with Crippen LogP contribution in [0.4, 0.5) is 0 Å². The predicted octanol–water partition coefficient (Wildman–Crippen LogP) is 1.14. The smallest absolute Gasteiger partial charge is 0.0721 e. The van der Waals surface area contributed by atoms with E-state index in [4.69, 9.17) is 21.8 Å². The highest BCUT2D eigenvalue weighted by Gasteiger charge is 2.11. The van der Waals surface area contributed by atoms with Gasteiger partial charge in [-0.2, -0.15) is 35.3 Å². The van der Waals surface area contributed by atoms with Crippen LogP contribution < -0.4 is 0 Å². The van der Waals surface area contributed by atoms with Crippen molar-refractivity contribution in [3.05, 3.63) is 0 Å². The first-order valence-corrected chi connectivity index (χ1v) is 9.36. The van der Waals surface area contributed by atoms with Crippen LogP contribution in [0.3, 0.4) is 0 Å². The number of aliphatic hydroxyl groups is 3. The Balaban J connectivity index is 3.52. The lowest BCUT2D eigenvalue weighted by Crippen LogP contribution is -2.18. The van der Waals surface area contributed by atoms with Gasteiger partial charge >= 0.3 is 0 Å². The molecule has 0 aliphatic heterocycles. The zero-order valence-corrected chi connectivity index (χ0v) is 13.0. The van der Waals surface area contributed by atoms with Crippen LogP contribution in [0.2, 0.25) is 0 Å². The van der Waals surface area contributed by atoms with Gasteiger partial charge in [-0.15, -0.1) is 11.6 Å². The maximum Gasteiger partial charge on any atom is 0.0721 e. The van der Waals surface area contributed by atoms with E-state index < -0.39 is 0 Å². The predicted molar refractivity (Wildman–Crippen MR) is 81.8 cm³/mol. The van der Waals surface area contributed by atoms with Crippen molar-refractivity contribution in [3.63, 3.8) is 0 Å². The standard InChI is InChI=1S/C10H21ClO3S3/c11-5-10(8-16-4-2-13)17-7-9(14)6-15-3-1-12/h9-10,12-14H,1-8H2. The fourth-order valence-electron chi connectivity index (χ4n) is 0.996. The molecule has 0 aromatic heterocycles. The van der Waals surface area contributed by atoms with Crippen LogP contribution in [-0.2, 0) is 0 Å². The number of thioether (sulfide) groups is 3. The largest absolute Gasteiger partial charge is 0.396 e. The van der Waals surface area contributed by atoms with Gasteiger partial charge in [0.15, 0.2) is 0 Å². The molecule has 7 heteroatoms. The first-order chi connectivity index (χ1) is 8.24. The molecule has 0 saturated carbocycles. The fraction of sp³-hybridized carbons (Fsp3) is 1.00. The van der Waals surface area contributed by atoms with Gasteiger partial charge in [0.05, 0.1) is 19.3 Å². The Morgan fingerprint density at radius 3 is 2.06 bits per heavy atom. The Kier molecular flexibility index (Phi) is 14.6. The van der Waals surface area contributed by atoms with Crippen molar-refractivity contribution >= 4 is 46.9 Å². The molecule has 17 heavy (non-hydrogen) atoms. The van der Waals surface area contributed by atoms with E-state index in [1.807, 2.05) is 0 Å². The molecule has 104 valence electrons. The van der Waals surface area contributed by atoms with Crippen molar-refractivity contribution in [3.8, 4) is 0 Å². The van der Waals surface area contributed by atoms with E-state index in [1.165, 1.54) is 0 Å². The normalized spacial score (nSPS) is 14.8. The molecule has 0 aliphatic rings. The third-order valence-electron chi connectivity index (χ3n) is 1.78. The van der Waals surface area contributed by atoms with E-state index in [9.17, 15) is 5.11 Å². The summed E-state index contributed by atoms with van der Waals surface area (Å²) in [7, 11) is 0. The zero-order chi connectivity index (χ0) is 12.9. The van der Waals surface area contributed by atoms with Gasteiger partial charge in [0, 0.05) is 39.9 Å². The quantitative estimate of drug-likeness (QED) is 0.370. The summed E-state index contributed by atoms with van der Waals surface area (Å²) in [6.45, 7) is 0.359. The summed E-state index contributed by atoms with van der Waals surface area (Å²) in [6.07, 6.45) is -0.342. The van der Waals surface area contributed by atoms with Gasteiger partial charge in [-0.25, -0.2) is 0 Å². The van der Waals surface area contributed by atoms with Gasteiger partial charge in [-0.05, 0) is 0 Å². The van der Waals surface area contributed by atoms with Crippen LogP contribution in [-0.4, -0.2) is 74.5 Å². The topological polar surface area (TPSA) is 60.7 Å². The minimum Gasteiger partial charge on any atom is -0.396 e. The molecule has 0 saturated heterocycles. The lowest BCUT2D eigenvalue weighted by molar-refractivity contribution is 0.225. The Hall–Kier alpha value is 1.22.